The van der Waals surface area contributed by atoms with Crippen LogP contribution in [0.25, 0.3) is 22.4 Å². The van der Waals surface area contributed by atoms with Crippen molar-refractivity contribution in [1.82, 2.24) is 9.55 Å². The highest BCUT2D eigenvalue weighted by atomic mass is 16.3. The van der Waals surface area contributed by atoms with Crippen LogP contribution in [0.1, 0.15) is 5.56 Å². The molecule has 0 fully saturated rings. The van der Waals surface area contributed by atoms with Gasteiger partial charge >= 0.3 is 0 Å². The highest BCUT2D eigenvalue weighted by molar-refractivity contribution is 5.80. The van der Waals surface area contributed by atoms with E-state index < -0.39 is 0 Å². The number of phenols is 1. The van der Waals surface area contributed by atoms with E-state index in [1.54, 1.807) is 6.07 Å². The van der Waals surface area contributed by atoms with Crippen LogP contribution in [0.3, 0.4) is 0 Å². The molecule has 20 heavy (non-hydrogen) atoms. The van der Waals surface area contributed by atoms with Crippen molar-refractivity contribution in [2.24, 2.45) is 0 Å². The van der Waals surface area contributed by atoms with Gasteiger partial charge in [0.05, 0.1) is 17.6 Å². The van der Waals surface area contributed by atoms with E-state index in [0.717, 1.165) is 28.0 Å². The Labute approximate surface area is 116 Å². The molecule has 0 saturated heterocycles. The number of phenolic OH excluding ortho intramolecular Hbond substituents is 1. The molecule has 0 saturated carbocycles. The molecule has 102 valence electrons. The van der Waals surface area contributed by atoms with Crippen LogP contribution in [-0.4, -0.2) is 26.4 Å². The molecule has 0 spiro atoms. The molecule has 2 N–H and O–H groups in total. The number of benzene rings is 2. The van der Waals surface area contributed by atoms with Crippen molar-refractivity contribution < 1.29 is 10.2 Å². The summed E-state index contributed by atoms with van der Waals surface area (Å²) in [5, 5.41) is 18.9. The third-order valence-corrected chi connectivity index (χ3v) is 3.43. The molecule has 0 aliphatic carbocycles. The van der Waals surface area contributed by atoms with E-state index in [2.05, 4.69) is 4.98 Å². The lowest BCUT2D eigenvalue weighted by Crippen LogP contribution is -2.04. The second-order valence-corrected chi connectivity index (χ2v) is 4.80. The standard InChI is InChI=1S/C16H16N2O2/c1-11-10-12(6-7-15(11)20)16-17-13-4-2-3-5-14(13)18(16)8-9-19/h2-7,10,19-20H,8-9H2,1H3. The van der Waals surface area contributed by atoms with Gasteiger partial charge in [-0.1, -0.05) is 12.1 Å². The predicted octanol–water partition coefficient (Wildman–Crippen LogP) is 2.71. The third kappa shape index (κ3) is 2.04. The number of hydrogen-bond acceptors (Lipinski definition) is 3. The molecule has 1 heterocycles. The van der Waals surface area contributed by atoms with E-state index in [1.165, 1.54) is 0 Å². The molecule has 0 aliphatic rings. The lowest BCUT2D eigenvalue weighted by Gasteiger charge is -2.08. The largest absolute Gasteiger partial charge is 0.508 e. The molecule has 0 aliphatic heterocycles. The zero-order valence-corrected chi connectivity index (χ0v) is 11.2. The van der Waals surface area contributed by atoms with Crippen molar-refractivity contribution in [3.8, 4) is 17.1 Å². The monoisotopic (exact) mass is 268 g/mol. The molecule has 2 aromatic carbocycles. The number of para-hydroxylation sites is 2. The van der Waals surface area contributed by atoms with E-state index in [-0.39, 0.29) is 12.4 Å². The molecule has 0 amide bonds. The molecular formula is C16H16N2O2. The number of aromatic hydroxyl groups is 1. The Kier molecular flexibility index (Phi) is 3.16. The first kappa shape index (κ1) is 12.7. The molecule has 0 radical (unpaired) electrons. The van der Waals surface area contributed by atoms with Crippen LogP contribution in [-0.2, 0) is 6.54 Å². The number of nitrogens with zero attached hydrogens (tertiary/aromatic N) is 2. The summed E-state index contributed by atoms with van der Waals surface area (Å²) in [6, 6.07) is 13.3. The minimum absolute atomic E-state index is 0.0599. The summed E-state index contributed by atoms with van der Waals surface area (Å²) < 4.78 is 2.00. The molecule has 4 nitrogen and oxygen atoms in total. The van der Waals surface area contributed by atoms with Crippen LogP contribution in [0.4, 0.5) is 0 Å². The Morgan fingerprint density at radius 2 is 1.95 bits per heavy atom. The van der Waals surface area contributed by atoms with Gasteiger partial charge in [0.15, 0.2) is 0 Å². The number of aromatic nitrogens is 2. The summed E-state index contributed by atoms with van der Waals surface area (Å²) in [6.07, 6.45) is 0. The third-order valence-electron chi connectivity index (χ3n) is 3.43. The van der Waals surface area contributed by atoms with Gasteiger partial charge in [0.1, 0.15) is 11.6 Å². The van der Waals surface area contributed by atoms with Gasteiger partial charge in [-0.2, -0.15) is 0 Å². The molecule has 3 aromatic rings. The van der Waals surface area contributed by atoms with Gasteiger partial charge in [0.2, 0.25) is 0 Å². The number of aliphatic hydroxyl groups is 1. The van der Waals surface area contributed by atoms with Gasteiger partial charge < -0.3 is 14.8 Å². The molecule has 0 atom stereocenters. The summed E-state index contributed by atoms with van der Waals surface area (Å²) in [4.78, 5) is 4.64. The van der Waals surface area contributed by atoms with Crippen molar-refractivity contribution in [1.29, 1.82) is 0 Å². The van der Waals surface area contributed by atoms with Gasteiger partial charge in [0.25, 0.3) is 0 Å². The summed E-state index contributed by atoms with van der Waals surface area (Å²) in [7, 11) is 0. The molecule has 4 heteroatoms. The van der Waals surface area contributed by atoms with Crippen molar-refractivity contribution in [3.63, 3.8) is 0 Å². The van der Waals surface area contributed by atoms with Gasteiger partial charge in [-0.05, 0) is 42.8 Å². The van der Waals surface area contributed by atoms with Crippen LogP contribution in [0, 0.1) is 6.92 Å². The van der Waals surface area contributed by atoms with Gasteiger partial charge in [0, 0.05) is 12.1 Å². The van der Waals surface area contributed by atoms with Gasteiger partial charge in [-0.25, -0.2) is 4.98 Å². The first-order chi connectivity index (χ1) is 9.70. The van der Waals surface area contributed by atoms with Crippen molar-refractivity contribution in [2.45, 2.75) is 13.5 Å². The minimum Gasteiger partial charge on any atom is -0.508 e. The average Bonchev–Trinajstić information content (AvgIpc) is 2.82. The molecule has 0 bridgehead atoms. The first-order valence-electron chi connectivity index (χ1n) is 6.57. The fourth-order valence-corrected chi connectivity index (χ4v) is 2.42. The zero-order chi connectivity index (χ0) is 14.1. The smallest absolute Gasteiger partial charge is 0.141 e. The normalized spacial score (nSPS) is 11.1. The maximum Gasteiger partial charge on any atom is 0.141 e. The van der Waals surface area contributed by atoms with Crippen molar-refractivity contribution in [3.05, 3.63) is 48.0 Å². The lowest BCUT2D eigenvalue weighted by atomic mass is 10.1. The quantitative estimate of drug-likeness (QED) is 0.768. The van der Waals surface area contributed by atoms with Crippen molar-refractivity contribution >= 4 is 11.0 Å². The number of rotatable bonds is 3. The number of aliphatic hydroxyl groups excluding tert-OH is 1. The van der Waals surface area contributed by atoms with Crippen molar-refractivity contribution in [2.75, 3.05) is 6.61 Å². The van der Waals surface area contributed by atoms with E-state index in [4.69, 9.17) is 0 Å². The van der Waals surface area contributed by atoms with E-state index >= 15 is 0 Å². The Hall–Kier alpha value is -2.33. The Morgan fingerprint density at radius 1 is 1.15 bits per heavy atom. The maximum atomic E-state index is 9.64. The molecule has 1 aromatic heterocycles. The zero-order valence-electron chi connectivity index (χ0n) is 11.2. The molecule has 3 rings (SSSR count). The molecular weight excluding hydrogens is 252 g/mol. The summed E-state index contributed by atoms with van der Waals surface area (Å²) >= 11 is 0. The average molecular weight is 268 g/mol. The first-order valence-corrected chi connectivity index (χ1v) is 6.57. The highest BCUT2D eigenvalue weighted by Gasteiger charge is 2.12. The number of imidazole rings is 1. The predicted molar refractivity (Wildman–Crippen MR) is 78.7 cm³/mol. The number of fused-ring (bicyclic) bond motifs is 1. The maximum absolute atomic E-state index is 9.64. The van der Waals surface area contributed by atoms with Crippen LogP contribution in [0.15, 0.2) is 42.5 Å². The van der Waals surface area contributed by atoms with E-state index in [9.17, 15) is 10.2 Å². The van der Waals surface area contributed by atoms with Crippen LogP contribution in [0.2, 0.25) is 0 Å². The lowest BCUT2D eigenvalue weighted by molar-refractivity contribution is 0.278. The fraction of sp³-hybridized carbons (Fsp3) is 0.188. The fourth-order valence-electron chi connectivity index (χ4n) is 2.42. The topological polar surface area (TPSA) is 58.3 Å². The summed E-state index contributed by atoms with van der Waals surface area (Å²) in [6.45, 7) is 2.41. The second kappa shape index (κ2) is 4.98. The van der Waals surface area contributed by atoms with E-state index in [0.29, 0.717) is 6.54 Å². The number of hydrogen-bond donors (Lipinski definition) is 2. The van der Waals surface area contributed by atoms with E-state index in [1.807, 2.05) is 47.9 Å². The summed E-state index contributed by atoms with van der Waals surface area (Å²) in [5.74, 6) is 1.09. The van der Waals surface area contributed by atoms with Crippen LogP contribution >= 0.6 is 0 Å². The van der Waals surface area contributed by atoms with Gasteiger partial charge in [-0.3, -0.25) is 0 Å². The minimum atomic E-state index is 0.0599. The highest BCUT2D eigenvalue weighted by Crippen LogP contribution is 2.28. The van der Waals surface area contributed by atoms with Gasteiger partial charge in [-0.15, -0.1) is 0 Å². The Balaban J connectivity index is 2.23. The summed E-state index contributed by atoms with van der Waals surface area (Å²) in [5.41, 5.74) is 3.65. The van der Waals surface area contributed by atoms with Crippen LogP contribution in [0.5, 0.6) is 5.75 Å². The molecule has 0 unspecified atom stereocenters. The second-order valence-electron chi connectivity index (χ2n) is 4.80. The Bertz CT molecular complexity index is 762. The van der Waals surface area contributed by atoms with Crippen LogP contribution < -0.4 is 0 Å². The number of aryl methyl sites for hydroxylation is 1. The Morgan fingerprint density at radius 3 is 2.70 bits per heavy atom. The SMILES string of the molecule is Cc1cc(-c2nc3ccccc3n2CCO)ccc1O.